The van der Waals surface area contributed by atoms with Crippen LogP contribution < -0.4 is 11.1 Å². The molecule has 4 aliphatic rings. The van der Waals surface area contributed by atoms with Crippen LogP contribution >= 0.6 is 0 Å². The normalized spacial score (nSPS) is 30.9. The van der Waals surface area contributed by atoms with E-state index >= 15 is 4.79 Å². The molecule has 0 unspecified atom stereocenters. The molecule has 360 valence electrons. The molecular weight excluding hydrogens is 857 g/mol. The molecule has 1 saturated heterocycles. The van der Waals surface area contributed by atoms with Crippen molar-refractivity contribution in [3.63, 3.8) is 0 Å². The number of nitrogens with one attached hydrogen (secondary N) is 1. The standard InChI is InChI=1S/C49H64N2O15/c1-27-31(62-43(58)38(63-34(54)22-16-11-17-23-50)36(29-18-12-9-13-19-29)51-44(59)66-45(3,4)5)25-49(60)41(64-42(57)30-20-14-10-15-21-30)39-47(8,40(56)37(55)35(27)46(49,6)7)32(53)24-33-48(39,26-61-33)65-28(2)52/h9-10,12-15,18-21,31-33,36-39,41,53,55,60H,11,16-17,22-26,50H2,1-8H3,(H,51,59)/t31-,32-,33+,36-,37+,38+,39-,41-,47+,48-,49+/m1/s1. The van der Waals surface area contributed by atoms with Gasteiger partial charge >= 0.3 is 30.0 Å². The van der Waals surface area contributed by atoms with E-state index in [0.29, 0.717) is 31.4 Å². The second-order valence-electron chi connectivity index (χ2n) is 19.6. The molecule has 3 aliphatic carbocycles. The molecule has 0 radical (unpaired) electrons. The number of aliphatic hydroxyl groups excluding tert-OH is 2. The van der Waals surface area contributed by atoms with Gasteiger partial charge in [-0.25, -0.2) is 14.4 Å². The molecule has 6 N–H and O–H groups in total. The smallest absolute Gasteiger partial charge is 0.408 e. The molecule has 2 bridgehead atoms. The number of aliphatic hydroxyl groups is 3. The van der Waals surface area contributed by atoms with Crippen LogP contribution in [-0.4, -0.2) is 118 Å². The number of carbonyl (C=O) groups excluding carboxylic acids is 6. The summed E-state index contributed by atoms with van der Waals surface area (Å²) in [4.78, 5) is 84.4. The molecular formula is C49H64N2O15. The van der Waals surface area contributed by atoms with Crippen molar-refractivity contribution in [1.82, 2.24) is 5.32 Å². The van der Waals surface area contributed by atoms with Gasteiger partial charge in [-0.1, -0.05) is 68.8 Å². The van der Waals surface area contributed by atoms with Gasteiger partial charge in [0.2, 0.25) is 6.10 Å². The number of ketones is 1. The van der Waals surface area contributed by atoms with Gasteiger partial charge < -0.3 is 54.8 Å². The molecule has 6 rings (SSSR count). The van der Waals surface area contributed by atoms with E-state index in [1.54, 1.807) is 83.1 Å². The fourth-order valence-electron chi connectivity index (χ4n) is 10.5. The fraction of sp³-hybridized carbons (Fsp3) is 0.592. The zero-order valence-corrected chi connectivity index (χ0v) is 38.9. The number of carbonyl (C=O) groups is 6. The Balaban J connectivity index is 1.51. The van der Waals surface area contributed by atoms with Gasteiger partial charge in [0.25, 0.3) is 0 Å². The number of nitrogens with two attached hydrogens (primary N) is 1. The lowest BCUT2D eigenvalue weighted by Crippen LogP contribution is -2.81. The number of alkyl carbamates (subject to hydrolysis) is 1. The molecule has 11 atom stereocenters. The monoisotopic (exact) mass is 920 g/mol. The number of benzene rings is 2. The van der Waals surface area contributed by atoms with E-state index in [1.165, 1.54) is 26.0 Å². The molecule has 17 nitrogen and oxygen atoms in total. The number of esters is 4. The molecule has 0 aromatic heterocycles. The van der Waals surface area contributed by atoms with Gasteiger partial charge in [0.1, 0.15) is 41.7 Å². The third-order valence-corrected chi connectivity index (χ3v) is 13.9. The van der Waals surface area contributed by atoms with E-state index in [9.17, 15) is 39.3 Å². The minimum Gasteiger partial charge on any atom is -0.455 e. The van der Waals surface area contributed by atoms with Crippen LogP contribution in [0.5, 0.6) is 0 Å². The first kappa shape index (κ1) is 50.2. The maximum Gasteiger partial charge on any atom is 0.408 e. The summed E-state index contributed by atoms with van der Waals surface area (Å²) in [6.07, 6.45) is -10.0. The number of fused-ring (bicyclic) bond motifs is 5. The Kier molecular flexibility index (Phi) is 14.6. The maximum atomic E-state index is 15.2. The Morgan fingerprint density at radius 1 is 0.939 bits per heavy atom. The Morgan fingerprint density at radius 2 is 1.58 bits per heavy atom. The molecule has 2 aromatic carbocycles. The molecule has 1 heterocycles. The Morgan fingerprint density at radius 3 is 2.15 bits per heavy atom. The third-order valence-electron chi connectivity index (χ3n) is 13.9. The summed E-state index contributed by atoms with van der Waals surface area (Å²) < 4.78 is 36.1. The highest BCUT2D eigenvalue weighted by molar-refractivity contribution is 5.94. The molecule has 2 saturated carbocycles. The number of ether oxygens (including phenoxy) is 6. The molecule has 17 heteroatoms. The van der Waals surface area contributed by atoms with Gasteiger partial charge in [0, 0.05) is 31.6 Å². The van der Waals surface area contributed by atoms with E-state index in [-0.39, 0.29) is 36.2 Å². The van der Waals surface area contributed by atoms with Crippen molar-refractivity contribution in [2.75, 3.05) is 13.2 Å². The van der Waals surface area contributed by atoms with Crippen molar-refractivity contribution in [3.8, 4) is 0 Å². The van der Waals surface area contributed by atoms with Crippen LogP contribution in [0.4, 0.5) is 4.79 Å². The zero-order valence-electron chi connectivity index (χ0n) is 38.9. The first-order valence-electron chi connectivity index (χ1n) is 22.5. The number of amides is 1. The predicted molar refractivity (Wildman–Crippen MR) is 235 cm³/mol. The molecule has 0 spiro atoms. The van der Waals surface area contributed by atoms with E-state index in [2.05, 4.69) is 5.32 Å². The van der Waals surface area contributed by atoms with Gasteiger partial charge in [-0.15, -0.1) is 0 Å². The molecule has 2 aromatic rings. The van der Waals surface area contributed by atoms with Crippen LogP contribution in [0.1, 0.15) is 116 Å². The van der Waals surface area contributed by atoms with Crippen molar-refractivity contribution in [2.45, 2.75) is 153 Å². The highest BCUT2D eigenvalue weighted by Gasteiger charge is 2.78. The van der Waals surface area contributed by atoms with Gasteiger partial charge in [0.15, 0.2) is 11.4 Å². The average molecular weight is 921 g/mol. The summed E-state index contributed by atoms with van der Waals surface area (Å²) in [5.41, 5.74) is -2.75. The summed E-state index contributed by atoms with van der Waals surface area (Å²) in [6, 6.07) is 14.7. The van der Waals surface area contributed by atoms with Crippen LogP contribution in [0.3, 0.4) is 0 Å². The van der Waals surface area contributed by atoms with Crippen molar-refractivity contribution < 1.29 is 72.5 Å². The zero-order chi connectivity index (χ0) is 48.6. The van der Waals surface area contributed by atoms with E-state index < -0.39 is 118 Å². The average Bonchev–Trinajstić information content (AvgIpc) is 3.24. The lowest BCUT2D eigenvalue weighted by molar-refractivity contribution is -0.346. The number of rotatable bonds is 14. The quantitative estimate of drug-likeness (QED) is 0.0765. The molecule has 66 heavy (non-hydrogen) atoms. The first-order chi connectivity index (χ1) is 30.9. The number of Topliss-reactive ketones (excluding diaryl/α,β-unsaturated/α-hetero) is 1. The largest absolute Gasteiger partial charge is 0.455 e. The summed E-state index contributed by atoms with van der Waals surface area (Å²) in [6.45, 7) is 12.2. The lowest BCUT2D eigenvalue weighted by Gasteiger charge is -2.67. The van der Waals surface area contributed by atoms with Crippen LogP contribution in [0.15, 0.2) is 71.8 Å². The summed E-state index contributed by atoms with van der Waals surface area (Å²) in [5.74, 6) is -6.17. The van der Waals surface area contributed by atoms with E-state index in [1.807, 2.05) is 0 Å². The topological polar surface area (TPSA) is 257 Å². The van der Waals surface area contributed by atoms with Crippen LogP contribution in [0.25, 0.3) is 0 Å². The lowest BCUT2D eigenvalue weighted by atomic mass is 9.44. The van der Waals surface area contributed by atoms with Gasteiger partial charge in [-0.2, -0.15) is 0 Å². The van der Waals surface area contributed by atoms with E-state index in [0.717, 1.165) is 6.92 Å². The minimum atomic E-state index is -2.40. The summed E-state index contributed by atoms with van der Waals surface area (Å²) in [7, 11) is 0. The van der Waals surface area contributed by atoms with Crippen molar-refractivity contribution in [1.29, 1.82) is 0 Å². The number of hydrogen-bond donors (Lipinski definition) is 5. The van der Waals surface area contributed by atoms with Gasteiger partial charge in [-0.05, 0) is 82.8 Å². The second-order valence-corrected chi connectivity index (χ2v) is 19.6. The molecule has 1 amide bonds. The first-order valence-corrected chi connectivity index (χ1v) is 22.5. The van der Waals surface area contributed by atoms with Crippen molar-refractivity contribution >= 4 is 35.8 Å². The minimum absolute atomic E-state index is 0.0659. The predicted octanol–water partition coefficient (Wildman–Crippen LogP) is 4.33. The SMILES string of the molecule is CC(=O)O[C@]12CO[C@H]1C[C@@H](O)[C@]1(C)C(=O)[C@@H](O)C3=C(C)[C@H](OC(=O)[C@@H](OC(=O)CCCCCN)[C@H](NC(=O)OC(C)(C)C)c4ccccc4)C[C@](O)([C@H](OC(=O)c4ccccc4)[C@@H]21)C3(C)C. The highest BCUT2D eigenvalue weighted by atomic mass is 16.6. The summed E-state index contributed by atoms with van der Waals surface area (Å²) in [5, 5.41) is 40.7. The molecule has 1 aliphatic heterocycles. The third kappa shape index (κ3) is 9.37. The number of hydrogen-bond acceptors (Lipinski definition) is 16. The van der Waals surface area contributed by atoms with Gasteiger partial charge in [-0.3, -0.25) is 14.4 Å². The summed E-state index contributed by atoms with van der Waals surface area (Å²) >= 11 is 0. The Bertz CT molecular complexity index is 2190. The van der Waals surface area contributed by atoms with Crippen LogP contribution in [-0.2, 0) is 47.6 Å². The Labute approximate surface area is 384 Å². The van der Waals surface area contributed by atoms with Crippen molar-refractivity contribution in [2.24, 2.45) is 22.5 Å². The van der Waals surface area contributed by atoms with Crippen LogP contribution in [0.2, 0.25) is 0 Å². The highest BCUT2D eigenvalue weighted by Crippen LogP contribution is 2.64. The van der Waals surface area contributed by atoms with Gasteiger partial charge in [0.05, 0.1) is 29.6 Å². The second kappa shape index (κ2) is 19.2. The Hall–Kier alpha value is -5.20. The maximum absolute atomic E-state index is 15.2. The molecule has 3 fully saturated rings. The fourth-order valence-corrected chi connectivity index (χ4v) is 10.5. The van der Waals surface area contributed by atoms with E-state index in [4.69, 9.17) is 34.2 Å². The van der Waals surface area contributed by atoms with Crippen LogP contribution in [0, 0.1) is 16.7 Å². The number of unbranched alkanes of at least 4 members (excludes halogenated alkanes) is 2. The van der Waals surface area contributed by atoms with Crippen molar-refractivity contribution in [3.05, 3.63) is 82.9 Å².